The van der Waals surface area contributed by atoms with Crippen LogP contribution in [0.15, 0.2) is 18.7 Å². The number of nitrogens with zero attached hydrogens (tertiary/aromatic N) is 2. The summed E-state index contributed by atoms with van der Waals surface area (Å²) in [7, 11) is 0. The van der Waals surface area contributed by atoms with Crippen LogP contribution < -0.4 is 28.5 Å². The molecule has 3 heteroatoms. The van der Waals surface area contributed by atoms with Crippen LogP contribution in [0.4, 0.5) is 0 Å². The Morgan fingerprint density at radius 1 is 1.17 bits per heavy atom. The summed E-state index contributed by atoms with van der Waals surface area (Å²) < 4.78 is 4.42. The molecule has 0 saturated heterocycles. The van der Waals surface area contributed by atoms with E-state index in [0.29, 0.717) is 12.1 Å². The Hall–Kier alpha value is -0.0600. The quantitative estimate of drug-likeness (QED) is 0.482. The Morgan fingerprint density at radius 2 is 1.75 bits per heavy atom. The summed E-state index contributed by atoms with van der Waals surface area (Å²) in [5, 5.41) is 0. The van der Waals surface area contributed by atoms with Crippen molar-refractivity contribution < 1.29 is 28.5 Å². The monoisotopic (exact) mass is 280 g/mol. The van der Waals surface area contributed by atoms with E-state index in [1.807, 2.05) is 0 Å². The highest BCUT2D eigenvalue weighted by molar-refractivity contribution is 4.70. The molecule has 0 aromatic carbocycles. The molecule has 1 heterocycles. The molecule has 70 valence electrons. The number of imidazole rings is 1. The zero-order valence-electron chi connectivity index (χ0n) is 8.16. The molecule has 0 bridgehead atoms. The van der Waals surface area contributed by atoms with Gasteiger partial charge in [-0.1, -0.05) is 0 Å². The molecule has 1 aromatic heterocycles. The summed E-state index contributed by atoms with van der Waals surface area (Å²) in [4.78, 5) is 0. The van der Waals surface area contributed by atoms with E-state index in [1.54, 1.807) is 0 Å². The third-order valence-corrected chi connectivity index (χ3v) is 1.87. The molecular weight excluding hydrogens is 263 g/mol. The van der Waals surface area contributed by atoms with Gasteiger partial charge in [-0.05, 0) is 27.7 Å². The number of halogens is 1. The second kappa shape index (κ2) is 4.84. The van der Waals surface area contributed by atoms with Crippen molar-refractivity contribution in [3.63, 3.8) is 0 Å². The van der Waals surface area contributed by atoms with Gasteiger partial charge in [0.05, 0.1) is 12.1 Å². The van der Waals surface area contributed by atoms with Gasteiger partial charge in [0.15, 0.2) is 0 Å². The Balaban J connectivity index is 0.00000121. The Labute approximate surface area is 91.6 Å². The molecule has 0 atom stereocenters. The van der Waals surface area contributed by atoms with Crippen LogP contribution in [0.2, 0.25) is 0 Å². The van der Waals surface area contributed by atoms with Gasteiger partial charge in [0.2, 0.25) is 6.33 Å². The molecule has 0 spiro atoms. The van der Waals surface area contributed by atoms with Crippen LogP contribution in [-0.4, -0.2) is 4.57 Å². The van der Waals surface area contributed by atoms with Crippen molar-refractivity contribution in [2.45, 2.75) is 39.8 Å². The molecule has 0 aliphatic carbocycles. The Kier molecular flexibility index (Phi) is 4.82. The standard InChI is InChI=1S/C9H17N2.HI/c1-8(2)10-5-6-11(7-10)9(3)4;/h5-9H,1-4H3;1H/q+1;/p-1. The number of hydrogen-bond donors (Lipinski definition) is 0. The molecule has 0 N–H and O–H groups in total. The van der Waals surface area contributed by atoms with E-state index in [0.717, 1.165) is 0 Å². The first-order chi connectivity index (χ1) is 5.11. The molecule has 0 fully saturated rings. The average molecular weight is 280 g/mol. The van der Waals surface area contributed by atoms with Crippen molar-refractivity contribution >= 4 is 0 Å². The molecule has 0 radical (unpaired) electrons. The molecule has 0 unspecified atom stereocenters. The second-order valence-electron chi connectivity index (χ2n) is 3.50. The minimum Gasteiger partial charge on any atom is -1.00 e. The molecule has 0 saturated carbocycles. The van der Waals surface area contributed by atoms with E-state index in [9.17, 15) is 0 Å². The number of hydrogen-bond acceptors (Lipinski definition) is 0. The van der Waals surface area contributed by atoms with Crippen LogP contribution in [0.3, 0.4) is 0 Å². The van der Waals surface area contributed by atoms with E-state index in [4.69, 9.17) is 0 Å². The predicted molar refractivity (Wildman–Crippen MR) is 45.4 cm³/mol. The molecule has 1 aromatic rings. The average Bonchev–Trinajstić information content (AvgIpc) is 2.33. The summed E-state index contributed by atoms with van der Waals surface area (Å²) in [5.74, 6) is 0. The van der Waals surface area contributed by atoms with Crippen molar-refractivity contribution in [3.05, 3.63) is 18.7 Å². The fourth-order valence-electron chi connectivity index (χ4n) is 0.996. The topological polar surface area (TPSA) is 8.81 Å². The van der Waals surface area contributed by atoms with Crippen LogP contribution in [0, 0.1) is 0 Å². The Morgan fingerprint density at radius 3 is 2.00 bits per heavy atom. The van der Waals surface area contributed by atoms with Crippen molar-refractivity contribution in [1.82, 2.24) is 4.57 Å². The maximum Gasteiger partial charge on any atom is 0.244 e. The highest BCUT2D eigenvalue weighted by atomic mass is 127. The zero-order valence-corrected chi connectivity index (χ0v) is 10.3. The van der Waals surface area contributed by atoms with Crippen molar-refractivity contribution in [2.75, 3.05) is 0 Å². The van der Waals surface area contributed by atoms with Crippen LogP contribution in [0.5, 0.6) is 0 Å². The second-order valence-corrected chi connectivity index (χ2v) is 3.50. The van der Waals surface area contributed by atoms with Gasteiger partial charge >= 0.3 is 0 Å². The first-order valence-electron chi connectivity index (χ1n) is 4.19. The maximum atomic E-state index is 2.21. The van der Waals surface area contributed by atoms with Crippen molar-refractivity contribution in [1.29, 1.82) is 0 Å². The van der Waals surface area contributed by atoms with Gasteiger partial charge in [0.1, 0.15) is 12.4 Å². The highest BCUT2D eigenvalue weighted by Gasteiger charge is 2.08. The fourth-order valence-corrected chi connectivity index (χ4v) is 0.996. The van der Waals surface area contributed by atoms with Crippen LogP contribution in [0.25, 0.3) is 0 Å². The van der Waals surface area contributed by atoms with Crippen LogP contribution >= 0.6 is 0 Å². The number of rotatable bonds is 2. The lowest BCUT2D eigenvalue weighted by atomic mass is 10.4. The van der Waals surface area contributed by atoms with Gasteiger partial charge in [-0.15, -0.1) is 0 Å². The minimum atomic E-state index is 0. The molecule has 1 rings (SSSR count). The molecule has 0 aliphatic rings. The third kappa shape index (κ3) is 2.77. The van der Waals surface area contributed by atoms with Gasteiger partial charge < -0.3 is 24.0 Å². The first-order valence-corrected chi connectivity index (χ1v) is 4.19. The van der Waals surface area contributed by atoms with Crippen LogP contribution in [-0.2, 0) is 0 Å². The molecular formula is C9H17IN2. The molecule has 12 heavy (non-hydrogen) atoms. The summed E-state index contributed by atoms with van der Waals surface area (Å²) in [6.45, 7) is 8.74. The normalized spacial score (nSPS) is 10.5. The number of aromatic nitrogens is 2. The summed E-state index contributed by atoms with van der Waals surface area (Å²) in [6, 6.07) is 1.13. The van der Waals surface area contributed by atoms with Crippen LogP contribution in [0.1, 0.15) is 39.8 Å². The summed E-state index contributed by atoms with van der Waals surface area (Å²) in [5.41, 5.74) is 0. The summed E-state index contributed by atoms with van der Waals surface area (Å²) >= 11 is 0. The minimum absolute atomic E-state index is 0. The lowest BCUT2D eigenvalue weighted by Gasteiger charge is -1.99. The molecule has 2 nitrogen and oxygen atoms in total. The first kappa shape index (κ1) is 11.9. The largest absolute Gasteiger partial charge is 1.00 e. The lowest BCUT2D eigenvalue weighted by Crippen LogP contribution is -3.00. The maximum absolute atomic E-state index is 2.21. The van der Waals surface area contributed by atoms with Gasteiger partial charge in [0.25, 0.3) is 0 Å². The van der Waals surface area contributed by atoms with E-state index >= 15 is 0 Å². The predicted octanol–water partition coefficient (Wildman–Crippen LogP) is -1.06. The Bertz CT molecular complexity index is 206. The van der Waals surface area contributed by atoms with Gasteiger partial charge in [-0.25, -0.2) is 9.13 Å². The highest BCUT2D eigenvalue weighted by Crippen LogP contribution is 2.01. The van der Waals surface area contributed by atoms with E-state index in [1.165, 1.54) is 0 Å². The van der Waals surface area contributed by atoms with E-state index < -0.39 is 0 Å². The van der Waals surface area contributed by atoms with Crippen molar-refractivity contribution in [3.8, 4) is 0 Å². The van der Waals surface area contributed by atoms with E-state index in [-0.39, 0.29) is 24.0 Å². The lowest BCUT2D eigenvalue weighted by molar-refractivity contribution is -0.715. The molecule has 0 aliphatic heterocycles. The smallest absolute Gasteiger partial charge is 0.244 e. The van der Waals surface area contributed by atoms with Gasteiger partial charge in [0, 0.05) is 0 Å². The van der Waals surface area contributed by atoms with Gasteiger partial charge in [-0.3, -0.25) is 0 Å². The zero-order chi connectivity index (χ0) is 8.43. The van der Waals surface area contributed by atoms with Crippen molar-refractivity contribution in [2.24, 2.45) is 0 Å². The summed E-state index contributed by atoms with van der Waals surface area (Å²) in [6.07, 6.45) is 6.38. The van der Waals surface area contributed by atoms with E-state index in [2.05, 4.69) is 55.6 Å². The molecule has 0 amide bonds. The third-order valence-electron chi connectivity index (χ3n) is 1.87. The van der Waals surface area contributed by atoms with Gasteiger partial charge in [-0.2, -0.15) is 0 Å². The SMILES string of the molecule is CC(C)n1cc[n+](C(C)C)c1.[I-]. The fraction of sp³-hybridized carbons (Fsp3) is 0.667.